The third kappa shape index (κ3) is 5.93. The maximum Gasteiger partial charge on any atom is 0.396 e. The second-order valence-corrected chi connectivity index (χ2v) is 1.93. The molecule has 0 heterocycles. The van der Waals surface area contributed by atoms with Crippen molar-refractivity contribution in [3.8, 4) is 0 Å². The van der Waals surface area contributed by atoms with E-state index in [0.29, 0.717) is 0 Å². The molecule has 7 heavy (non-hydrogen) atoms. The van der Waals surface area contributed by atoms with Crippen LogP contribution in [-0.4, -0.2) is 27.3 Å². The summed E-state index contributed by atoms with van der Waals surface area (Å²) >= 11 is 0. The van der Waals surface area contributed by atoms with Crippen molar-refractivity contribution < 1.29 is 17.2 Å². The molecule has 0 aliphatic rings. The van der Waals surface area contributed by atoms with Crippen LogP contribution >= 0.6 is 0 Å². The van der Waals surface area contributed by atoms with Crippen molar-refractivity contribution in [1.29, 1.82) is 0 Å². The molecule has 0 unspecified atom stereocenters. The number of hydrogen-bond donors (Lipinski definition) is 1. The predicted molar refractivity (Wildman–Crippen MR) is 26.0 cm³/mol. The van der Waals surface area contributed by atoms with E-state index in [1.807, 2.05) is 0 Å². The van der Waals surface area contributed by atoms with Crippen LogP contribution in [0.5, 0.6) is 0 Å². The molecule has 0 aromatic rings. The Kier molecular flexibility index (Phi) is 2.27. The van der Waals surface area contributed by atoms with Gasteiger partial charge in [-0.2, -0.15) is 8.42 Å². The summed E-state index contributed by atoms with van der Waals surface area (Å²) in [6, 6.07) is 0. The molecule has 4 nitrogen and oxygen atoms in total. The van der Waals surface area contributed by atoms with Crippen LogP contribution in [0, 0.1) is 0 Å². The third-order valence-electron chi connectivity index (χ3n) is 0.267. The molecule has 0 amide bonds. The summed E-state index contributed by atoms with van der Waals surface area (Å²) in [6.45, 7) is -0.0289. The van der Waals surface area contributed by atoms with Gasteiger partial charge < -0.3 is 0 Å². The van der Waals surface area contributed by atoms with Crippen LogP contribution in [0.3, 0.4) is 0 Å². The molecule has 0 spiro atoms. The Morgan fingerprint density at radius 3 is 2.14 bits per heavy atom. The fourth-order valence-electron chi connectivity index (χ4n) is 0.149. The molecule has 0 rings (SSSR count). The Labute approximate surface area is 42.8 Å². The van der Waals surface area contributed by atoms with Gasteiger partial charge in [-0.1, -0.05) is 0 Å². The van der Waals surface area contributed by atoms with Crippen LogP contribution in [0.1, 0.15) is 0 Å². The Bertz CT molecular complexity index is 125. The molecule has 0 aromatic carbocycles. The van der Waals surface area contributed by atoms with Crippen LogP contribution < -0.4 is 0 Å². The molecular formula is CH5BO4S. The quantitative estimate of drug-likeness (QED) is 0.355. The molecule has 6 heteroatoms. The van der Waals surface area contributed by atoms with Gasteiger partial charge in [-0.25, -0.2) is 0 Å². The van der Waals surface area contributed by atoms with Gasteiger partial charge in [0.1, 0.15) is 7.85 Å². The van der Waals surface area contributed by atoms with Crippen molar-refractivity contribution in [2.45, 2.75) is 0 Å². The van der Waals surface area contributed by atoms with Crippen LogP contribution in [0.25, 0.3) is 0 Å². The first-order chi connectivity index (χ1) is 3.06. The molecule has 42 valence electrons. The highest BCUT2D eigenvalue weighted by atomic mass is 32.3. The largest absolute Gasteiger partial charge is 0.396 e. The normalized spacial score (nSPS) is 11.6. The summed E-state index contributed by atoms with van der Waals surface area (Å²) in [7, 11) is -2.71. The zero-order chi connectivity index (χ0) is 5.91. The fourth-order valence-corrected chi connectivity index (χ4v) is 0.447. The van der Waals surface area contributed by atoms with Crippen LogP contribution in [0.2, 0.25) is 0 Å². The molecule has 0 atom stereocenters. The summed E-state index contributed by atoms with van der Waals surface area (Å²) in [6.07, 6.45) is 0. The van der Waals surface area contributed by atoms with Gasteiger partial charge in [0.2, 0.25) is 0 Å². The van der Waals surface area contributed by atoms with Crippen molar-refractivity contribution in [2.24, 2.45) is 0 Å². The molecule has 0 bridgehead atoms. The van der Waals surface area contributed by atoms with Gasteiger partial charge in [0.25, 0.3) is 0 Å². The van der Waals surface area contributed by atoms with E-state index >= 15 is 0 Å². The Hall–Kier alpha value is -0.0651. The van der Waals surface area contributed by atoms with E-state index in [1.54, 1.807) is 0 Å². The zero-order valence-corrected chi connectivity index (χ0v) is 4.60. The highest BCUT2D eigenvalue weighted by molar-refractivity contribution is 7.80. The second-order valence-electron chi connectivity index (χ2n) is 0.834. The van der Waals surface area contributed by atoms with Gasteiger partial charge in [0.15, 0.2) is 0 Å². The highest BCUT2D eigenvalue weighted by Crippen LogP contribution is 1.79. The molecule has 0 aromatic heterocycles. The highest BCUT2D eigenvalue weighted by Gasteiger charge is 1.97. The standard InChI is InChI=1S/CH5BO4S/c2-1-6-7(3,4)5/h1-2H2,(H,3,4,5). The van der Waals surface area contributed by atoms with Crippen molar-refractivity contribution in [1.82, 2.24) is 0 Å². The molecule has 0 radical (unpaired) electrons. The van der Waals surface area contributed by atoms with Crippen molar-refractivity contribution in [3.05, 3.63) is 0 Å². The summed E-state index contributed by atoms with van der Waals surface area (Å²) < 4.78 is 30.7. The molecule has 0 aliphatic carbocycles. The van der Waals surface area contributed by atoms with Gasteiger partial charge in [0.05, 0.1) is 0 Å². The van der Waals surface area contributed by atoms with E-state index in [4.69, 9.17) is 4.55 Å². The minimum Gasteiger partial charge on any atom is -0.264 e. The summed E-state index contributed by atoms with van der Waals surface area (Å²) in [5.41, 5.74) is 0. The van der Waals surface area contributed by atoms with Crippen molar-refractivity contribution in [3.63, 3.8) is 0 Å². The van der Waals surface area contributed by atoms with E-state index in [1.165, 1.54) is 7.85 Å². The average molecular weight is 124 g/mol. The Balaban J connectivity index is 3.60. The summed E-state index contributed by atoms with van der Waals surface area (Å²) in [4.78, 5) is 0. The van der Waals surface area contributed by atoms with Crippen LogP contribution in [0.4, 0.5) is 0 Å². The maximum atomic E-state index is 9.56. The Morgan fingerprint density at radius 2 is 2.14 bits per heavy atom. The van der Waals surface area contributed by atoms with Crippen molar-refractivity contribution >= 4 is 18.2 Å². The molecule has 1 N–H and O–H groups in total. The van der Waals surface area contributed by atoms with Gasteiger partial charge >= 0.3 is 10.4 Å². The first-order valence-electron chi connectivity index (χ1n) is 1.68. The molecule has 0 saturated carbocycles. The molecule has 0 aliphatic heterocycles. The smallest absolute Gasteiger partial charge is 0.264 e. The first kappa shape index (κ1) is 6.93. The average Bonchev–Trinajstić information content (AvgIpc) is 1.30. The molecule has 0 fully saturated rings. The van der Waals surface area contributed by atoms with E-state index < -0.39 is 10.4 Å². The SMILES string of the molecule is BCOS(=O)(=O)O. The minimum atomic E-state index is -4.17. The summed E-state index contributed by atoms with van der Waals surface area (Å²) in [5.74, 6) is 0. The lowest BCUT2D eigenvalue weighted by Gasteiger charge is -1.88. The van der Waals surface area contributed by atoms with Crippen LogP contribution in [-0.2, 0) is 14.6 Å². The lowest BCUT2D eigenvalue weighted by atomic mass is 10.2. The molecular weight excluding hydrogens is 119 g/mol. The van der Waals surface area contributed by atoms with E-state index in [2.05, 4.69) is 4.18 Å². The minimum absolute atomic E-state index is 0.0289. The van der Waals surface area contributed by atoms with E-state index in [0.717, 1.165) is 0 Å². The monoisotopic (exact) mass is 124 g/mol. The second kappa shape index (κ2) is 2.30. The van der Waals surface area contributed by atoms with E-state index in [9.17, 15) is 8.42 Å². The van der Waals surface area contributed by atoms with Gasteiger partial charge in [-0.3, -0.25) is 8.74 Å². The fraction of sp³-hybridized carbons (Fsp3) is 1.00. The lowest BCUT2D eigenvalue weighted by molar-refractivity contribution is 0.310. The topological polar surface area (TPSA) is 63.6 Å². The molecule has 0 saturated heterocycles. The van der Waals surface area contributed by atoms with E-state index in [-0.39, 0.29) is 6.51 Å². The lowest BCUT2D eigenvalue weighted by Crippen LogP contribution is -2.03. The zero-order valence-electron chi connectivity index (χ0n) is 3.79. The number of hydrogen-bond acceptors (Lipinski definition) is 3. The maximum absolute atomic E-state index is 9.56. The third-order valence-corrected chi connectivity index (χ3v) is 0.800. The number of rotatable bonds is 2. The summed E-state index contributed by atoms with van der Waals surface area (Å²) in [5, 5.41) is 0. The van der Waals surface area contributed by atoms with Crippen molar-refractivity contribution in [2.75, 3.05) is 6.51 Å². The predicted octanol–water partition coefficient (Wildman–Crippen LogP) is -1.60. The van der Waals surface area contributed by atoms with Gasteiger partial charge in [-0.05, 0) is 0 Å². The van der Waals surface area contributed by atoms with Gasteiger partial charge in [0, 0.05) is 6.51 Å². The first-order valence-corrected chi connectivity index (χ1v) is 3.04. The van der Waals surface area contributed by atoms with Gasteiger partial charge in [-0.15, -0.1) is 0 Å². The Morgan fingerprint density at radius 1 is 1.71 bits per heavy atom. The van der Waals surface area contributed by atoms with Crippen LogP contribution in [0.15, 0.2) is 0 Å².